The van der Waals surface area contributed by atoms with Gasteiger partial charge in [0.25, 0.3) is 5.91 Å². The second-order valence-electron chi connectivity index (χ2n) is 5.38. The Bertz CT molecular complexity index is 784. The number of piperazine rings is 1. The summed E-state index contributed by atoms with van der Waals surface area (Å²) >= 11 is 6.06. The van der Waals surface area contributed by atoms with Crippen LogP contribution in [-0.4, -0.2) is 48.1 Å². The Labute approximate surface area is 142 Å². The van der Waals surface area contributed by atoms with Gasteiger partial charge in [0.2, 0.25) is 0 Å². The minimum absolute atomic E-state index is 0.000615. The van der Waals surface area contributed by atoms with Gasteiger partial charge < -0.3 is 19.3 Å². The molecule has 126 valence electrons. The van der Waals surface area contributed by atoms with Crippen molar-refractivity contribution in [1.82, 2.24) is 4.90 Å². The molecule has 0 radical (unpaired) electrons. The van der Waals surface area contributed by atoms with Crippen LogP contribution in [0.4, 0.5) is 10.1 Å². The van der Waals surface area contributed by atoms with Gasteiger partial charge in [0.15, 0.2) is 5.76 Å². The number of carboxylic acids is 1. The fraction of sp³-hybridized carbons (Fsp3) is 0.250. The molecule has 1 fully saturated rings. The van der Waals surface area contributed by atoms with Gasteiger partial charge in [-0.15, -0.1) is 0 Å². The largest absolute Gasteiger partial charge is 0.478 e. The zero-order chi connectivity index (χ0) is 17.3. The SMILES string of the molecule is O=C(O)c1coc(C(=O)N2CCN(c3ccc(F)cc3Cl)CC2)c1. The average molecular weight is 353 g/mol. The van der Waals surface area contributed by atoms with E-state index in [0.29, 0.717) is 31.2 Å². The molecule has 0 spiro atoms. The van der Waals surface area contributed by atoms with E-state index in [1.54, 1.807) is 11.0 Å². The predicted octanol–water partition coefficient (Wildman–Crippen LogP) is 2.73. The molecule has 6 nitrogen and oxygen atoms in total. The molecule has 1 saturated heterocycles. The summed E-state index contributed by atoms with van der Waals surface area (Å²) in [7, 11) is 0. The minimum atomic E-state index is -1.14. The Morgan fingerprint density at radius 3 is 2.46 bits per heavy atom. The third kappa shape index (κ3) is 3.21. The number of nitrogens with zero attached hydrogens (tertiary/aromatic N) is 2. The molecule has 1 aromatic heterocycles. The molecule has 2 aromatic rings. The minimum Gasteiger partial charge on any atom is -0.478 e. The van der Waals surface area contributed by atoms with E-state index in [1.807, 2.05) is 4.90 Å². The first-order chi connectivity index (χ1) is 11.5. The molecule has 0 unspecified atom stereocenters. The molecular formula is C16H14ClFN2O4. The van der Waals surface area contributed by atoms with Crippen LogP contribution in [0.5, 0.6) is 0 Å². The van der Waals surface area contributed by atoms with E-state index in [1.165, 1.54) is 18.2 Å². The lowest BCUT2D eigenvalue weighted by atomic mass is 10.2. The first-order valence-corrected chi connectivity index (χ1v) is 7.64. The van der Waals surface area contributed by atoms with E-state index < -0.39 is 11.8 Å². The van der Waals surface area contributed by atoms with Gasteiger partial charge in [0.1, 0.15) is 12.1 Å². The molecule has 0 saturated carbocycles. The van der Waals surface area contributed by atoms with E-state index in [2.05, 4.69) is 0 Å². The van der Waals surface area contributed by atoms with Gasteiger partial charge in [-0.25, -0.2) is 9.18 Å². The third-order valence-electron chi connectivity index (χ3n) is 3.87. The molecule has 0 atom stereocenters. The van der Waals surface area contributed by atoms with Gasteiger partial charge in [-0.2, -0.15) is 0 Å². The molecule has 8 heteroatoms. The molecule has 1 N–H and O–H groups in total. The summed E-state index contributed by atoms with van der Waals surface area (Å²) in [5.74, 6) is -1.90. The second-order valence-corrected chi connectivity index (χ2v) is 5.79. The number of furan rings is 1. The Balaban J connectivity index is 1.65. The summed E-state index contributed by atoms with van der Waals surface area (Å²) in [5.41, 5.74) is 0.659. The predicted molar refractivity (Wildman–Crippen MR) is 85.2 cm³/mol. The van der Waals surface area contributed by atoms with E-state index in [9.17, 15) is 14.0 Å². The Morgan fingerprint density at radius 2 is 1.88 bits per heavy atom. The van der Waals surface area contributed by atoms with Crippen molar-refractivity contribution in [3.63, 3.8) is 0 Å². The van der Waals surface area contributed by atoms with Crippen molar-refractivity contribution in [2.75, 3.05) is 31.1 Å². The van der Waals surface area contributed by atoms with Crippen LogP contribution in [0, 0.1) is 5.82 Å². The number of benzene rings is 1. The van der Waals surface area contributed by atoms with E-state index in [4.69, 9.17) is 21.1 Å². The van der Waals surface area contributed by atoms with Crippen LogP contribution in [0.1, 0.15) is 20.9 Å². The molecular weight excluding hydrogens is 339 g/mol. The van der Waals surface area contributed by atoms with E-state index in [-0.39, 0.29) is 17.2 Å². The lowest BCUT2D eigenvalue weighted by Crippen LogP contribution is -2.48. The van der Waals surface area contributed by atoms with Crippen LogP contribution in [0.25, 0.3) is 0 Å². The number of hydrogen-bond donors (Lipinski definition) is 1. The van der Waals surface area contributed by atoms with E-state index in [0.717, 1.165) is 12.0 Å². The normalized spacial score (nSPS) is 14.8. The topological polar surface area (TPSA) is 74.0 Å². The molecule has 1 aliphatic rings. The number of aromatic carboxylic acids is 1. The number of carbonyl (C=O) groups is 2. The first kappa shape index (κ1) is 16.3. The van der Waals surface area contributed by atoms with Crippen molar-refractivity contribution in [3.05, 3.63) is 52.7 Å². The third-order valence-corrected chi connectivity index (χ3v) is 4.18. The number of amides is 1. The lowest BCUT2D eigenvalue weighted by molar-refractivity contribution is 0.0692. The highest BCUT2D eigenvalue weighted by Gasteiger charge is 2.26. The molecule has 1 aromatic carbocycles. The van der Waals surface area contributed by atoms with Gasteiger partial charge in [-0.1, -0.05) is 11.6 Å². The molecule has 0 aliphatic carbocycles. The monoisotopic (exact) mass is 352 g/mol. The number of hydrogen-bond acceptors (Lipinski definition) is 4. The Morgan fingerprint density at radius 1 is 1.17 bits per heavy atom. The molecule has 1 aliphatic heterocycles. The number of halogens is 2. The number of rotatable bonds is 3. The van der Waals surface area contributed by atoms with Crippen molar-refractivity contribution in [1.29, 1.82) is 0 Å². The maximum absolute atomic E-state index is 13.1. The number of carboxylic acid groups (broad SMARTS) is 1. The number of carbonyl (C=O) groups excluding carboxylic acids is 1. The molecule has 0 bridgehead atoms. The van der Waals surface area contributed by atoms with Crippen molar-refractivity contribution in [3.8, 4) is 0 Å². The van der Waals surface area contributed by atoms with Gasteiger partial charge in [0.05, 0.1) is 16.3 Å². The summed E-state index contributed by atoms with van der Waals surface area (Å²) < 4.78 is 18.2. The first-order valence-electron chi connectivity index (χ1n) is 7.27. The van der Waals surface area contributed by atoms with Crippen LogP contribution in [0.3, 0.4) is 0 Å². The highest BCUT2D eigenvalue weighted by atomic mass is 35.5. The van der Waals surface area contributed by atoms with Crippen molar-refractivity contribution in [2.24, 2.45) is 0 Å². The summed E-state index contributed by atoms with van der Waals surface area (Å²) in [4.78, 5) is 26.7. The van der Waals surface area contributed by atoms with Gasteiger partial charge >= 0.3 is 5.97 Å². The summed E-state index contributed by atoms with van der Waals surface area (Å²) in [6.45, 7) is 1.92. The van der Waals surface area contributed by atoms with Gasteiger partial charge in [0, 0.05) is 32.2 Å². The Hall–Kier alpha value is -2.54. The average Bonchev–Trinajstić information content (AvgIpc) is 3.05. The summed E-state index contributed by atoms with van der Waals surface area (Å²) in [5, 5.41) is 9.19. The lowest BCUT2D eigenvalue weighted by Gasteiger charge is -2.36. The highest BCUT2D eigenvalue weighted by Crippen LogP contribution is 2.27. The smallest absolute Gasteiger partial charge is 0.338 e. The fourth-order valence-corrected chi connectivity index (χ4v) is 2.89. The van der Waals surface area contributed by atoms with Gasteiger partial charge in [-0.3, -0.25) is 4.79 Å². The second kappa shape index (κ2) is 6.52. The maximum Gasteiger partial charge on any atom is 0.338 e. The molecule has 2 heterocycles. The summed E-state index contributed by atoms with van der Waals surface area (Å²) in [6.07, 6.45) is 1.05. The molecule has 24 heavy (non-hydrogen) atoms. The molecule has 1 amide bonds. The van der Waals surface area contributed by atoms with Crippen molar-refractivity contribution < 1.29 is 23.5 Å². The zero-order valence-corrected chi connectivity index (χ0v) is 13.3. The van der Waals surface area contributed by atoms with Crippen LogP contribution in [-0.2, 0) is 0 Å². The number of anilines is 1. The molecule has 3 rings (SSSR count). The summed E-state index contributed by atoms with van der Waals surface area (Å²) in [6, 6.07) is 5.43. The Kier molecular flexibility index (Phi) is 4.44. The maximum atomic E-state index is 13.1. The van der Waals surface area contributed by atoms with Crippen LogP contribution in [0.2, 0.25) is 5.02 Å². The van der Waals surface area contributed by atoms with Crippen LogP contribution < -0.4 is 4.90 Å². The van der Waals surface area contributed by atoms with Crippen molar-refractivity contribution in [2.45, 2.75) is 0 Å². The zero-order valence-electron chi connectivity index (χ0n) is 12.5. The highest BCUT2D eigenvalue weighted by molar-refractivity contribution is 6.33. The standard InChI is InChI=1S/C16H14ClFN2O4/c17-12-8-11(18)1-2-13(12)19-3-5-20(6-4-19)15(21)14-7-10(9-24-14)16(22)23/h1-2,7-9H,3-6H2,(H,22,23). The van der Waals surface area contributed by atoms with E-state index >= 15 is 0 Å². The van der Waals surface area contributed by atoms with Crippen molar-refractivity contribution >= 4 is 29.2 Å². The fourth-order valence-electron chi connectivity index (χ4n) is 2.60. The quantitative estimate of drug-likeness (QED) is 0.919. The van der Waals surface area contributed by atoms with Gasteiger partial charge in [-0.05, 0) is 18.2 Å². The van der Waals surface area contributed by atoms with Crippen LogP contribution in [0.15, 0.2) is 34.9 Å². The van der Waals surface area contributed by atoms with Crippen LogP contribution >= 0.6 is 11.6 Å².